The summed E-state index contributed by atoms with van der Waals surface area (Å²) in [5.74, 6) is -2.27. The quantitative estimate of drug-likeness (QED) is 0.676. The molecule has 0 aliphatic carbocycles. The number of morpholine rings is 1. The van der Waals surface area contributed by atoms with E-state index in [1.165, 1.54) is 4.57 Å². The second kappa shape index (κ2) is 9.67. The predicted octanol–water partition coefficient (Wildman–Crippen LogP) is 2.82. The number of para-hydroxylation sites is 2. The molecular formula is C19H26F2N4O2S. The smallest absolute Gasteiger partial charge is 0.291 e. The second-order valence-electron chi connectivity index (χ2n) is 7.30. The lowest BCUT2D eigenvalue weighted by molar-refractivity contribution is -0.123. The van der Waals surface area contributed by atoms with Gasteiger partial charge in [0.25, 0.3) is 5.76 Å². The number of rotatable bonds is 8. The third kappa shape index (κ3) is 5.65. The Hall–Kier alpha value is -1.71. The Labute approximate surface area is 167 Å². The van der Waals surface area contributed by atoms with Gasteiger partial charge in [-0.1, -0.05) is 26.0 Å². The van der Waals surface area contributed by atoms with Gasteiger partial charge in [-0.15, -0.1) is 0 Å². The molecule has 0 spiro atoms. The third-order valence-corrected chi connectivity index (χ3v) is 5.19. The molecule has 3 rings (SSSR count). The normalized spacial score (nSPS) is 18.3. The molecule has 1 atom stereocenters. The molecule has 28 heavy (non-hydrogen) atoms. The van der Waals surface area contributed by atoms with Crippen molar-refractivity contribution in [2.45, 2.75) is 37.4 Å². The van der Waals surface area contributed by atoms with Gasteiger partial charge in [-0.25, -0.2) is 4.98 Å². The van der Waals surface area contributed by atoms with Crippen LogP contribution in [0.1, 0.15) is 13.8 Å². The lowest BCUT2D eigenvalue weighted by atomic mass is 10.2. The van der Waals surface area contributed by atoms with Crippen LogP contribution in [0.15, 0.2) is 29.4 Å². The van der Waals surface area contributed by atoms with Crippen LogP contribution in [-0.2, 0) is 16.1 Å². The average molecular weight is 413 g/mol. The molecule has 0 bridgehead atoms. The first-order valence-electron chi connectivity index (χ1n) is 9.43. The third-order valence-electron chi connectivity index (χ3n) is 4.49. The Kier molecular flexibility index (Phi) is 7.25. The molecule has 0 radical (unpaired) electrons. The van der Waals surface area contributed by atoms with Crippen LogP contribution >= 0.6 is 11.8 Å². The number of carbonyl (C=O) groups is 1. The van der Waals surface area contributed by atoms with E-state index in [4.69, 9.17) is 4.74 Å². The topological polar surface area (TPSA) is 59.4 Å². The summed E-state index contributed by atoms with van der Waals surface area (Å²) < 4.78 is 33.0. The van der Waals surface area contributed by atoms with Gasteiger partial charge in [-0.3, -0.25) is 9.69 Å². The number of thioether (sulfide) groups is 1. The van der Waals surface area contributed by atoms with Gasteiger partial charge in [0, 0.05) is 26.2 Å². The summed E-state index contributed by atoms with van der Waals surface area (Å²) in [4.78, 5) is 19.0. The van der Waals surface area contributed by atoms with E-state index in [0.717, 1.165) is 19.6 Å². The highest BCUT2D eigenvalue weighted by atomic mass is 32.2. The molecule has 1 aromatic heterocycles. The maximum Gasteiger partial charge on any atom is 0.291 e. The Morgan fingerprint density at radius 3 is 2.93 bits per heavy atom. The molecule has 1 saturated heterocycles. The van der Waals surface area contributed by atoms with Crippen molar-refractivity contribution in [1.82, 2.24) is 19.8 Å². The fourth-order valence-corrected chi connectivity index (χ4v) is 3.99. The molecule has 1 unspecified atom stereocenters. The summed E-state index contributed by atoms with van der Waals surface area (Å²) >= 11 is 0.352. The highest BCUT2D eigenvalue weighted by molar-refractivity contribution is 7.99. The van der Waals surface area contributed by atoms with Gasteiger partial charge in [-0.05, 0) is 29.8 Å². The molecule has 2 aromatic rings. The maximum atomic E-state index is 12.9. The number of carbonyl (C=O) groups excluding carboxylic acids is 1. The molecule has 0 saturated carbocycles. The molecule has 1 aliphatic rings. The van der Waals surface area contributed by atoms with Crippen molar-refractivity contribution in [3.8, 4) is 0 Å². The van der Waals surface area contributed by atoms with Gasteiger partial charge in [0.05, 0.1) is 23.7 Å². The van der Waals surface area contributed by atoms with Gasteiger partial charge >= 0.3 is 0 Å². The first-order valence-corrected chi connectivity index (χ1v) is 10.3. The molecule has 9 heteroatoms. The van der Waals surface area contributed by atoms with Crippen molar-refractivity contribution in [3.05, 3.63) is 24.3 Å². The highest BCUT2D eigenvalue weighted by Gasteiger charge is 2.22. The van der Waals surface area contributed by atoms with Gasteiger partial charge in [-0.2, -0.15) is 8.78 Å². The summed E-state index contributed by atoms with van der Waals surface area (Å²) in [6.45, 7) is 8.02. The Morgan fingerprint density at radius 1 is 1.39 bits per heavy atom. The van der Waals surface area contributed by atoms with Crippen molar-refractivity contribution in [2.75, 3.05) is 32.8 Å². The second-order valence-corrected chi connectivity index (χ2v) is 8.26. The maximum absolute atomic E-state index is 12.9. The molecule has 1 aliphatic heterocycles. The number of fused-ring (bicyclic) bond motifs is 1. The van der Waals surface area contributed by atoms with Crippen molar-refractivity contribution in [1.29, 1.82) is 0 Å². The number of nitrogens with zero attached hydrogens (tertiary/aromatic N) is 3. The van der Waals surface area contributed by atoms with E-state index in [1.807, 2.05) is 0 Å². The molecule has 1 amide bonds. The lowest BCUT2D eigenvalue weighted by Gasteiger charge is -2.34. The van der Waals surface area contributed by atoms with Crippen molar-refractivity contribution >= 4 is 28.7 Å². The van der Waals surface area contributed by atoms with E-state index in [1.54, 1.807) is 24.3 Å². The minimum atomic E-state index is -2.60. The van der Waals surface area contributed by atoms with Crippen LogP contribution in [0.4, 0.5) is 8.78 Å². The number of imidazole rings is 1. The zero-order valence-electron chi connectivity index (χ0n) is 16.1. The predicted molar refractivity (Wildman–Crippen MR) is 106 cm³/mol. The van der Waals surface area contributed by atoms with Crippen LogP contribution in [0.5, 0.6) is 0 Å². The van der Waals surface area contributed by atoms with Gasteiger partial charge in [0.1, 0.15) is 6.54 Å². The number of ether oxygens (including phenoxy) is 1. The fourth-order valence-electron chi connectivity index (χ4n) is 3.39. The first-order chi connectivity index (χ1) is 13.4. The number of halogens is 2. The SMILES string of the molecule is CC(C)CN1CCOC(CNC(=O)Cn2c(SC(F)F)nc3ccccc32)C1. The molecule has 6 nitrogen and oxygen atoms in total. The van der Waals surface area contributed by atoms with Crippen molar-refractivity contribution in [3.63, 3.8) is 0 Å². The van der Waals surface area contributed by atoms with Crippen LogP contribution in [0.2, 0.25) is 0 Å². The van der Waals surface area contributed by atoms with Crippen LogP contribution in [0, 0.1) is 5.92 Å². The fraction of sp³-hybridized carbons (Fsp3) is 0.579. The zero-order chi connectivity index (χ0) is 20.1. The Balaban J connectivity index is 1.60. The van der Waals surface area contributed by atoms with E-state index in [2.05, 4.69) is 29.0 Å². The molecule has 1 N–H and O–H groups in total. The van der Waals surface area contributed by atoms with Crippen LogP contribution in [-0.4, -0.2) is 65.0 Å². The number of benzene rings is 1. The summed E-state index contributed by atoms with van der Waals surface area (Å²) in [5.41, 5.74) is 1.26. The number of nitrogens with one attached hydrogen (secondary N) is 1. The van der Waals surface area contributed by atoms with E-state index in [9.17, 15) is 13.6 Å². The van der Waals surface area contributed by atoms with Crippen molar-refractivity contribution in [2.24, 2.45) is 5.92 Å². The van der Waals surface area contributed by atoms with E-state index >= 15 is 0 Å². The zero-order valence-corrected chi connectivity index (χ0v) is 16.9. The number of amides is 1. The molecular weight excluding hydrogens is 386 g/mol. The molecule has 2 heterocycles. The van der Waals surface area contributed by atoms with E-state index < -0.39 is 5.76 Å². The largest absolute Gasteiger partial charge is 0.374 e. The molecule has 1 fully saturated rings. The van der Waals surface area contributed by atoms with Gasteiger partial charge < -0.3 is 14.6 Å². The highest BCUT2D eigenvalue weighted by Crippen LogP contribution is 2.28. The molecule has 1 aromatic carbocycles. The first kappa shape index (κ1) is 21.0. The summed E-state index contributed by atoms with van der Waals surface area (Å²) in [6, 6.07) is 7.12. The number of alkyl halides is 2. The summed E-state index contributed by atoms with van der Waals surface area (Å²) in [5, 5.41) is 3.02. The monoisotopic (exact) mass is 412 g/mol. The van der Waals surface area contributed by atoms with Gasteiger partial charge in [0.2, 0.25) is 5.91 Å². The Morgan fingerprint density at radius 2 is 2.18 bits per heavy atom. The van der Waals surface area contributed by atoms with E-state index in [0.29, 0.717) is 41.9 Å². The summed E-state index contributed by atoms with van der Waals surface area (Å²) in [6.07, 6.45) is -0.0640. The van der Waals surface area contributed by atoms with Gasteiger partial charge in [0.15, 0.2) is 5.16 Å². The molecule has 154 valence electrons. The van der Waals surface area contributed by atoms with Crippen molar-refractivity contribution < 1.29 is 18.3 Å². The average Bonchev–Trinajstić information content (AvgIpc) is 2.96. The van der Waals surface area contributed by atoms with Crippen LogP contribution in [0.25, 0.3) is 11.0 Å². The Bertz CT molecular complexity index is 799. The minimum Gasteiger partial charge on any atom is -0.374 e. The number of aromatic nitrogens is 2. The number of hydrogen-bond donors (Lipinski definition) is 1. The summed E-state index contributed by atoms with van der Waals surface area (Å²) in [7, 11) is 0. The lowest BCUT2D eigenvalue weighted by Crippen LogP contribution is -2.48. The minimum absolute atomic E-state index is 0.0575. The van der Waals surface area contributed by atoms with Crippen LogP contribution in [0.3, 0.4) is 0 Å². The van der Waals surface area contributed by atoms with Crippen LogP contribution < -0.4 is 5.32 Å². The standard InChI is InChI=1S/C19H26F2N4O2S/c1-13(2)10-24-7-8-27-14(11-24)9-22-17(26)12-25-16-6-4-3-5-15(16)23-19(25)28-18(20)21/h3-6,13-14,18H,7-12H2,1-2H3,(H,22,26). The number of hydrogen-bond acceptors (Lipinski definition) is 5. The van der Waals surface area contributed by atoms with E-state index in [-0.39, 0.29) is 23.7 Å².